The van der Waals surface area contributed by atoms with E-state index in [1.165, 1.54) is 12.1 Å². The normalized spacial score (nSPS) is 11.5. The Hall–Kier alpha value is -0.420. The van der Waals surface area contributed by atoms with Crippen LogP contribution in [0.4, 0.5) is 4.39 Å². The molecule has 5 heteroatoms. The van der Waals surface area contributed by atoms with Gasteiger partial charge in [0, 0.05) is 5.33 Å². The van der Waals surface area contributed by atoms with E-state index in [0.29, 0.717) is 5.33 Å². The molecule has 72 valence electrons. The standard InChI is InChI=1S/C8H8BrFO2S/c9-5-6-13(11,12)8-3-1-7(10)2-4-8/h1-4H,5-6H2. The van der Waals surface area contributed by atoms with Crippen molar-refractivity contribution in [2.75, 3.05) is 11.1 Å². The van der Waals surface area contributed by atoms with Crippen molar-refractivity contribution >= 4 is 25.8 Å². The molecule has 0 unspecified atom stereocenters. The van der Waals surface area contributed by atoms with Gasteiger partial charge >= 0.3 is 0 Å². The summed E-state index contributed by atoms with van der Waals surface area (Å²) in [5, 5.41) is 0.382. The van der Waals surface area contributed by atoms with Crippen LogP contribution in [0.5, 0.6) is 0 Å². The number of benzene rings is 1. The molecule has 1 rings (SSSR count). The van der Waals surface area contributed by atoms with Gasteiger partial charge in [-0.1, -0.05) is 15.9 Å². The zero-order valence-corrected chi connectivity index (χ0v) is 9.11. The van der Waals surface area contributed by atoms with E-state index in [1.54, 1.807) is 0 Å². The Balaban J connectivity index is 3.02. The van der Waals surface area contributed by atoms with Crippen molar-refractivity contribution in [3.8, 4) is 0 Å². The van der Waals surface area contributed by atoms with E-state index < -0.39 is 15.7 Å². The SMILES string of the molecule is O=S(=O)(CCBr)c1ccc(F)cc1. The van der Waals surface area contributed by atoms with Gasteiger partial charge in [-0.2, -0.15) is 0 Å². The quantitative estimate of drug-likeness (QED) is 0.620. The summed E-state index contributed by atoms with van der Waals surface area (Å²) in [6.45, 7) is 0. The van der Waals surface area contributed by atoms with Gasteiger partial charge in [-0.05, 0) is 24.3 Å². The molecule has 0 saturated carbocycles. The summed E-state index contributed by atoms with van der Waals surface area (Å²) < 4.78 is 35.2. The van der Waals surface area contributed by atoms with E-state index in [4.69, 9.17) is 0 Å². The molecule has 0 heterocycles. The topological polar surface area (TPSA) is 34.1 Å². The highest BCUT2D eigenvalue weighted by atomic mass is 79.9. The smallest absolute Gasteiger partial charge is 0.179 e. The van der Waals surface area contributed by atoms with Crippen molar-refractivity contribution in [1.29, 1.82) is 0 Å². The fraction of sp³-hybridized carbons (Fsp3) is 0.250. The van der Waals surface area contributed by atoms with Crippen LogP contribution in [0.2, 0.25) is 0 Å². The van der Waals surface area contributed by atoms with Gasteiger partial charge in [-0.3, -0.25) is 0 Å². The molecule has 0 aromatic heterocycles. The lowest BCUT2D eigenvalue weighted by molar-refractivity contribution is 0.596. The summed E-state index contributed by atoms with van der Waals surface area (Å²) in [7, 11) is -3.24. The van der Waals surface area contributed by atoms with Crippen LogP contribution in [-0.4, -0.2) is 19.5 Å². The largest absolute Gasteiger partial charge is 0.224 e. The van der Waals surface area contributed by atoms with E-state index in [0.717, 1.165) is 12.1 Å². The van der Waals surface area contributed by atoms with E-state index in [1.807, 2.05) is 0 Å². The van der Waals surface area contributed by atoms with Crippen LogP contribution in [0.3, 0.4) is 0 Å². The molecule has 0 aliphatic rings. The predicted octanol–water partition coefficient (Wildman–Crippen LogP) is 1.99. The second-order valence-corrected chi connectivity index (χ2v) is 5.36. The number of hydrogen-bond donors (Lipinski definition) is 0. The first kappa shape index (κ1) is 10.7. The van der Waals surface area contributed by atoms with Gasteiger partial charge in [0.2, 0.25) is 0 Å². The van der Waals surface area contributed by atoms with Crippen LogP contribution in [0.25, 0.3) is 0 Å². The fourth-order valence-electron chi connectivity index (χ4n) is 0.861. The molecule has 0 saturated heterocycles. The van der Waals surface area contributed by atoms with Gasteiger partial charge in [0.15, 0.2) is 9.84 Å². The number of halogens is 2. The maximum Gasteiger partial charge on any atom is 0.179 e. The fourth-order valence-corrected chi connectivity index (χ4v) is 3.13. The third-order valence-electron chi connectivity index (χ3n) is 1.52. The zero-order valence-electron chi connectivity index (χ0n) is 6.70. The molecule has 0 radical (unpaired) electrons. The molecule has 0 aliphatic heterocycles. The Bertz CT molecular complexity index is 372. The van der Waals surface area contributed by atoms with Crippen LogP contribution in [0.1, 0.15) is 0 Å². The highest BCUT2D eigenvalue weighted by Gasteiger charge is 2.12. The first-order valence-corrected chi connectivity index (χ1v) is 6.38. The maximum absolute atomic E-state index is 12.5. The number of alkyl halides is 1. The van der Waals surface area contributed by atoms with Crippen molar-refractivity contribution in [1.82, 2.24) is 0 Å². The Morgan fingerprint density at radius 1 is 1.23 bits per heavy atom. The van der Waals surface area contributed by atoms with Gasteiger partial charge in [0.1, 0.15) is 5.82 Å². The van der Waals surface area contributed by atoms with Crippen molar-refractivity contribution in [3.63, 3.8) is 0 Å². The Kier molecular flexibility index (Phi) is 3.44. The Labute approximate surface area is 84.8 Å². The molecule has 0 atom stereocenters. The van der Waals surface area contributed by atoms with E-state index in [9.17, 15) is 12.8 Å². The van der Waals surface area contributed by atoms with E-state index in [-0.39, 0.29) is 10.6 Å². The maximum atomic E-state index is 12.5. The van der Waals surface area contributed by atoms with Crippen LogP contribution in [-0.2, 0) is 9.84 Å². The second kappa shape index (κ2) is 4.19. The lowest BCUT2D eigenvalue weighted by Gasteiger charge is -2.00. The molecule has 0 N–H and O–H groups in total. The van der Waals surface area contributed by atoms with Crippen LogP contribution >= 0.6 is 15.9 Å². The van der Waals surface area contributed by atoms with Crippen LogP contribution < -0.4 is 0 Å². The molecule has 13 heavy (non-hydrogen) atoms. The molecule has 2 nitrogen and oxygen atoms in total. The molecule has 1 aromatic rings. The molecular weight excluding hydrogens is 259 g/mol. The third kappa shape index (κ3) is 2.77. The second-order valence-electron chi connectivity index (χ2n) is 2.46. The molecule has 0 fully saturated rings. The molecule has 0 spiro atoms. The average Bonchev–Trinajstić information content (AvgIpc) is 2.05. The summed E-state index contributed by atoms with van der Waals surface area (Å²) in [5.74, 6) is -0.406. The summed E-state index contributed by atoms with van der Waals surface area (Å²) in [6, 6.07) is 4.82. The summed E-state index contributed by atoms with van der Waals surface area (Å²) >= 11 is 3.04. The molecular formula is C8H8BrFO2S. The summed E-state index contributed by atoms with van der Waals surface area (Å²) in [6.07, 6.45) is 0. The first-order valence-electron chi connectivity index (χ1n) is 3.60. The first-order chi connectivity index (χ1) is 6.06. The lowest BCUT2D eigenvalue weighted by Crippen LogP contribution is -2.07. The van der Waals surface area contributed by atoms with Crippen molar-refractivity contribution in [3.05, 3.63) is 30.1 Å². The van der Waals surface area contributed by atoms with Crippen molar-refractivity contribution < 1.29 is 12.8 Å². The van der Waals surface area contributed by atoms with Crippen LogP contribution in [0, 0.1) is 5.82 Å². The lowest BCUT2D eigenvalue weighted by atomic mass is 10.4. The van der Waals surface area contributed by atoms with Gasteiger partial charge in [0.25, 0.3) is 0 Å². The predicted molar refractivity (Wildman–Crippen MR) is 52.2 cm³/mol. The van der Waals surface area contributed by atoms with E-state index >= 15 is 0 Å². The number of hydrogen-bond acceptors (Lipinski definition) is 2. The summed E-state index contributed by atoms with van der Waals surface area (Å²) in [5.41, 5.74) is 0. The third-order valence-corrected chi connectivity index (χ3v) is 4.17. The van der Waals surface area contributed by atoms with Crippen LogP contribution in [0.15, 0.2) is 29.2 Å². The molecule has 0 bridgehead atoms. The van der Waals surface area contributed by atoms with Gasteiger partial charge in [-0.25, -0.2) is 12.8 Å². The van der Waals surface area contributed by atoms with Gasteiger partial charge in [-0.15, -0.1) is 0 Å². The zero-order chi connectivity index (χ0) is 9.90. The number of sulfone groups is 1. The minimum Gasteiger partial charge on any atom is -0.224 e. The van der Waals surface area contributed by atoms with Gasteiger partial charge in [0.05, 0.1) is 10.6 Å². The Morgan fingerprint density at radius 3 is 2.23 bits per heavy atom. The number of rotatable bonds is 3. The molecule has 0 amide bonds. The Morgan fingerprint density at radius 2 is 1.77 bits per heavy atom. The van der Waals surface area contributed by atoms with Crippen molar-refractivity contribution in [2.24, 2.45) is 0 Å². The monoisotopic (exact) mass is 266 g/mol. The molecule has 0 aliphatic carbocycles. The summed E-state index contributed by atoms with van der Waals surface area (Å²) in [4.78, 5) is 0.161. The minimum atomic E-state index is -3.24. The molecule has 1 aromatic carbocycles. The highest BCUT2D eigenvalue weighted by Crippen LogP contribution is 2.12. The minimum absolute atomic E-state index is 0.0264. The van der Waals surface area contributed by atoms with Crippen molar-refractivity contribution in [2.45, 2.75) is 4.90 Å². The highest BCUT2D eigenvalue weighted by molar-refractivity contribution is 9.09. The van der Waals surface area contributed by atoms with Gasteiger partial charge < -0.3 is 0 Å². The average molecular weight is 267 g/mol. The van der Waals surface area contributed by atoms with E-state index in [2.05, 4.69) is 15.9 Å².